The van der Waals surface area contributed by atoms with E-state index >= 15 is 0 Å². The van der Waals surface area contributed by atoms with Gasteiger partial charge in [-0.25, -0.2) is 0 Å². The van der Waals surface area contributed by atoms with Crippen LogP contribution in [0.1, 0.15) is 0 Å². The monoisotopic (exact) mass is 183 g/mol. The van der Waals surface area contributed by atoms with E-state index in [1.807, 2.05) is 0 Å². The van der Waals surface area contributed by atoms with Crippen molar-refractivity contribution < 1.29 is 60.2 Å². The Balaban J connectivity index is 0. The van der Waals surface area contributed by atoms with Crippen LogP contribution < -0.4 is 0 Å². The van der Waals surface area contributed by atoms with Crippen LogP contribution in [0.25, 0.3) is 12.3 Å². The van der Waals surface area contributed by atoms with E-state index in [-0.39, 0.29) is 72.5 Å². The van der Waals surface area contributed by atoms with Crippen LogP contribution in [0.3, 0.4) is 0 Å². The molecule has 5 heavy (non-hydrogen) atoms. The average Bonchev–Trinajstić information content (AvgIpc) is 0. The van der Waals surface area contributed by atoms with E-state index in [0.717, 1.165) is 0 Å². The topological polar surface area (TPSA) is 61.0 Å². The molecule has 0 unspecified atom stereocenters. The quantitative estimate of drug-likeness (QED) is 0.492. The Morgan fingerprint density at radius 3 is 0.800 bits per heavy atom. The Bertz CT molecular complexity index is 7.61. The molecule has 0 aliphatic rings. The van der Waals surface area contributed by atoms with Gasteiger partial charge in [-0.3, -0.25) is 0 Å². The van der Waals surface area contributed by atoms with Crippen LogP contribution in [0.5, 0.6) is 0 Å². The number of hydrogen-bond acceptors (Lipinski definition) is 0. The third-order valence-corrected chi connectivity index (χ3v) is 0. The first-order chi connectivity index (χ1) is 0. The van der Waals surface area contributed by atoms with Gasteiger partial charge < -0.3 is 12.3 Å². The van der Waals surface area contributed by atoms with E-state index in [1.54, 1.807) is 0 Å². The van der Waals surface area contributed by atoms with Crippen molar-refractivity contribution in [1.82, 2.24) is 0 Å². The van der Waals surface area contributed by atoms with Gasteiger partial charge in [-0.05, 0) is 0 Å². The van der Waals surface area contributed by atoms with Gasteiger partial charge in [0.05, 0.1) is 0 Å². The Labute approximate surface area is 72.0 Å². The van der Waals surface area contributed by atoms with Crippen molar-refractivity contribution in [2.45, 2.75) is 0 Å². The van der Waals surface area contributed by atoms with Crippen molar-refractivity contribution in [1.29, 1.82) is 0 Å². The molecule has 0 amide bonds. The van der Waals surface area contributed by atoms with Gasteiger partial charge in [-0.2, -0.15) is 0 Å². The molecule has 0 rings (SSSR count). The molecule has 0 N–H and O–H groups in total. The van der Waals surface area contributed by atoms with E-state index in [0.29, 0.717) is 0 Å². The first-order valence-electron chi connectivity index (χ1n) is 0. The molecule has 27 valence electrons. The maximum atomic E-state index is 0. The van der Waals surface area contributed by atoms with Crippen LogP contribution in [0.15, 0.2) is 0 Å². The fourth-order valence-electron chi connectivity index (χ4n) is 0. The fourth-order valence-corrected chi connectivity index (χ4v) is 0. The summed E-state index contributed by atoms with van der Waals surface area (Å²) in [6.07, 6.45) is 0. The first-order valence-corrected chi connectivity index (χ1v) is 0. The van der Waals surface area contributed by atoms with Crippen molar-refractivity contribution in [2.24, 2.45) is 0 Å². The molecule has 0 aromatic carbocycles. The standard InChI is InChI=1S/Co.2N.2Ti/q+2;2*-3;;+4. The maximum Gasteiger partial charge on any atom is 4.00 e. The van der Waals surface area contributed by atoms with E-state index in [4.69, 9.17) is 0 Å². The van der Waals surface area contributed by atoms with Crippen LogP contribution >= 0.6 is 0 Å². The molecule has 2 nitrogen and oxygen atoms in total. The van der Waals surface area contributed by atoms with Crippen molar-refractivity contribution in [3.05, 3.63) is 12.3 Å². The minimum atomic E-state index is 0. The largest absolute Gasteiger partial charge is 4.00 e. The van der Waals surface area contributed by atoms with Gasteiger partial charge in [-0.15, -0.1) is 0 Å². The second-order valence-electron chi connectivity index (χ2n) is 0. The van der Waals surface area contributed by atoms with Gasteiger partial charge in [0.25, 0.3) is 0 Å². The molecule has 1 radical (unpaired) electrons. The summed E-state index contributed by atoms with van der Waals surface area (Å²) in [6, 6.07) is 0. The number of rotatable bonds is 0. The molecule has 5 heteroatoms. The number of nitrogens with zero attached hydrogens (tertiary/aromatic N) is 2. The SMILES string of the molecule is [Co+2].[N-3].[N-3].[Ti+4].[Ti]. The average molecular weight is 183 g/mol. The van der Waals surface area contributed by atoms with Crippen LogP contribution in [0.2, 0.25) is 0 Å². The van der Waals surface area contributed by atoms with Gasteiger partial charge in [0, 0.05) is 21.7 Å². The van der Waals surface area contributed by atoms with Crippen molar-refractivity contribution >= 4 is 0 Å². The van der Waals surface area contributed by atoms with Gasteiger partial charge in [0.15, 0.2) is 0 Å². The van der Waals surface area contributed by atoms with Crippen LogP contribution in [-0.2, 0) is 60.2 Å². The summed E-state index contributed by atoms with van der Waals surface area (Å²) in [4.78, 5) is 0. The zero-order chi connectivity index (χ0) is 0. The summed E-state index contributed by atoms with van der Waals surface area (Å²) in [6.45, 7) is 0. The molecule has 0 spiro atoms. The van der Waals surface area contributed by atoms with Gasteiger partial charge in [0.1, 0.15) is 0 Å². The summed E-state index contributed by atoms with van der Waals surface area (Å²) in [5.74, 6) is 0. The molecule has 0 atom stereocenters. The third-order valence-electron chi connectivity index (χ3n) is 0. The van der Waals surface area contributed by atoms with Crippen molar-refractivity contribution in [3.8, 4) is 0 Å². The Morgan fingerprint density at radius 2 is 0.800 bits per heavy atom. The molecule has 0 heterocycles. The molecule has 0 aliphatic carbocycles. The van der Waals surface area contributed by atoms with E-state index in [9.17, 15) is 0 Å². The summed E-state index contributed by atoms with van der Waals surface area (Å²) in [5.41, 5.74) is 0. The van der Waals surface area contributed by atoms with Gasteiger partial charge in [-0.1, -0.05) is 0 Å². The van der Waals surface area contributed by atoms with Crippen LogP contribution in [-0.4, -0.2) is 0 Å². The molecule has 0 aromatic heterocycles. The maximum absolute atomic E-state index is 0. The first kappa shape index (κ1) is 68.3. The van der Waals surface area contributed by atoms with Crippen LogP contribution in [0.4, 0.5) is 0 Å². The summed E-state index contributed by atoms with van der Waals surface area (Å²) in [7, 11) is 0. The van der Waals surface area contributed by atoms with Gasteiger partial charge >= 0.3 is 38.5 Å². The summed E-state index contributed by atoms with van der Waals surface area (Å²) >= 11 is 0. The van der Waals surface area contributed by atoms with Gasteiger partial charge in [0.2, 0.25) is 0 Å². The summed E-state index contributed by atoms with van der Waals surface area (Å²) in [5, 5.41) is 0. The van der Waals surface area contributed by atoms with Crippen LogP contribution in [0, 0.1) is 0 Å². The predicted octanol–water partition coefficient (Wildman–Crippen LogP) is 0.570. The Hall–Kier alpha value is 1.86. The molecular weight excluding hydrogens is 183 g/mol. The van der Waals surface area contributed by atoms with E-state index in [2.05, 4.69) is 0 Å². The smallest absolute Gasteiger partial charge is 3.00 e. The molecule has 0 bridgehead atoms. The predicted molar refractivity (Wildman–Crippen MR) is 6.72 cm³/mol. The Morgan fingerprint density at radius 1 is 0.800 bits per heavy atom. The minimum Gasteiger partial charge on any atom is -3.00 e. The Kier molecular flexibility index (Phi) is 548. The third kappa shape index (κ3) is 25.3. The second kappa shape index (κ2) is 40.1. The number of hydrogen-bond donors (Lipinski definition) is 0. The van der Waals surface area contributed by atoms with Crippen molar-refractivity contribution in [2.75, 3.05) is 0 Å². The molecule has 0 aromatic rings. The molecule has 0 aliphatic heterocycles. The molecule has 0 saturated carbocycles. The zero-order valence-electron chi connectivity index (χ0n) is 2.23. The van der Waals surface area contributed by atoms with Crippen molar-refractivity contribution in [3.63, 3.8) is 0 Å². The van der Waals surface area contributed by atoms with E-state index in [1.165, 1.54) is 0 Å². The minimum absolute atomic E-state index is 0. The fraction of sp³-hybridized carbons (Fsp3) is 0. The van der Waals surface area contributed by atoms with E-state index < -0.39 is 0 Å². The molecule has 0 fully saturated rings. The summed E-state index contributed by atoms with van der Waals surface area (Å²) < 4.78 is 0. The molecule has 0 saturated heterocycles. The zero-order valence-corrected chi connectivity index (χ0v) is 6.39. The second-order valence-corrected chi connectivity index (χ2v) is 0. The normalized spacial score (nSPS) is 0. The molecular formula is CoN2Ti2.